The number of rotatable bonds is 2. The lowest BCUT2D eigenvalue weighted by atomic mass is 9.82. The Kier molecular flexibility index (Phi) is 2.24. The summed E-state index contributed by atoms with van der Waals surface area (Å²) in [7, 11) is 3.14. The Morgan fingerprint density at radius 2 is 1.33 bits per heavy atom. The molecule has 4 bridgehead atoms. The highest BCUT2D eigenvalue weighted by Gasteiger charge is 2.62. The van der Waals surface area contributed by atoms with Crippen molar-refractivity contribution in [1.29, 1.82) is 0 Å². The Labute approximate surface area is 87.0 Å². The molecule has 0 aromatic carbocycles. The van der Waals surface area contributed by atoms with Crippen LogP contribution in [0.4, 0.5) is 0 Å². The number of ether oxygens (including phenoxy) is 5. The summed E-state index contributed by atoms with van der Waals surface area (Å²) in [6, 6.07) is 0. The maximum atomic E-state index is 9.96. The largest absolute Gasteiger partial charge is 0.387 e. The van der Waals surface area contributed by atoms with Gasteiger partial charge in [0.15, 0.2) is 0 Å². The second kappa shape index (κ2) is 3.38. The van der Waals surface area contributed by atoms with Crippen molar-refractivity contribution in [3.63, 3.8) is 0 Å². The van der Waals surface area contributed by atoms with Crippen LogP contribution >= 0.6 is 0 Å². The smallest absolute Gasteiger partial charge is 0.272 e. The number of aliphatic hydroxyl groups excluding tert-OH is 1. The Morgan fingerprint density at radius 1 is 0.867 bits per heavy atom. The molecule has 0 aromatic heterocycles. The zero-order valence-corrected chi connectivity index (χ0v) is 8.53. The van der Waals surface area contributed by atoms with Crippen molar-refractivity contribution in [2.24, 2.45) is 0 Å². The molecular weight excluding hydrogens is 204 g/mol. The number of hydrogen-bond donors (Lipinski definition) is 1. The van der Waals surface area contributed by atoms with Crippen molar-refractivity contribution in [2.75, 3.05) is 14.2 Å². The van der Waals surface area contributed by atoms with Gasteiger partial charge in [0.25, 0.3) is 6.48 Å². The van der Waals surface area contributed by atoms with Gasteiger partial charge in [-0.25, -0.2) is 0 Å². The lowest BCUT2D eigenvalue weighted by molar-refractivity contribution is -0.483. The molecular formula is C9H14O6. The topological polar surface area (TPSA) is 66.4 Å². The van der Waals surface area contributed by atoms with E-state index in [9.17, 15) is 5.11 Å². The normalized spacial score (nSPS) is 57.4. The van der Waals surface area contributed by atoms with Crippen LogP contribution in [0.25, 0.3) is 0 Å². The zero-order chi connectivity index (χ0) is 10.6. The van der Waals surface area contributed by atoms with Crippen molar-refractivity contribution in [1.82, 2.24) is 0 Å². The van der Waals surface area contributed by atoms with Crippen molar-refractivity contribution in [3.05, 3.63) is 0 Å². The lowest BCUT2D eigenvalue weighted by Gasteiger charge is -2.57. The second-order valence-corrected chi connectivity index (χ2v) is 3.98. The van der Waals surface area contributed by atoms with Crippen LogP contribution in [0.5, 0.6) is 0 Å². The monoisotopic (exact) mass is 218 g/mol. The Bertz CT molecular complexity index is 237. The molecule has 3 heterocycles. The molecule has 1 saturated carbocycles. The first-order chi connectivity index (χ1) is 7.26. The van der Waals surface area contributed by atoms with Gasteiger partial charge in [-0.1, -0.05) is 0 Å². The van der Waals surface area contributed by atoms with Crippen LogP contribution in [0.3, 0.4) is 0 Å². The Hall–Kier alpha value is -0.240. The molecule has 4 rings (SSSR count). The minimum Gasteiger partial charge on any atom is -0.387 e. The van der Waals surface area contributed by atoms with Crippen LogP contribution in [-0.2, 0) is 23.7 Å². The summed E-state index contributed by atoms with van der Waals surface area (Å²) in [6.07, 6.45) is -2.34. The fourth-order valence-electron chi connectivity index (χ4n) is 2.62. The van der Waals surface area contributed by atoms with Gasteiger partial charge in [-0.2, -0.15) is 0 Å². The average Bonchev–Trinajstić information content (AvgIpc) is 2.25. The highest BCUT2D eigenvalue weighted by atomic mass is 16.9. The van der Waals surface area contributed by atoms with E-state index in [1.165, 1.54) is 0 Å². The fourth-order valence-corrected chi connectivity index (χ4v) is 2.62. The quantitative estimate of drug-likeness (QED) is 0.632. The third-order valence-corrected chi connectivity index (χ3v) is 3.32. The van der Waals surface area contributed by atoms with E-state index in [-0.39, 0.29) is 30.5 Å². The second-order valence-electron chi connectivity index (χ2n) is 3.98. The molecule has 0 aromatic rings. The SMILES string of the molecule is COC1C2OC3O[C@@H]1C(OC)[C@@H](O3)[C@@H]2O. The Morgan fingerprint density at radius 3 is 1.80 bits per heavy atom. The summed E-state index contributed by atoms with van der Waals surface area (Å²) in [5.74, 6) is 0. The van der Waals surface area contributed by atoms with E-state index in [1.807, 2.05) is 0 Å². The van der Waals surface area contributed by atoms with Crippen LogP contribution in [-0.4, -0.2) is 62.4 Å². The van der Waals surface area contributed by atoms with Crippen LogP contribution in [0, 0.1) is 0 Å². The maximum Gasteiger partial charge on any atom is 0.272 e. The molecule has 7 atom stereocenters. The van der Waals surface area contributed by atoms with Gasteiger partial charge in [0.1, 0.15) is 36.6 Å². The third kappa shape index (κ3) is 1.20. The van der Waals surface area contributed by atoms with Gasteiger partial charge in [0.2, 0.25) is 0 Å². The first kappa shape index (κ1) is 9.95. The minimum atomic E-state index is -0.726. The Balaban J connectivity index is 1.92. The molecule has 1 aliphatic carbocycles. The lowest BCUT2D eigenvalue weighted by Crippen LogP contribution is -2.75. The molecule has 15 heavy (non-hydrogen) atoms. The number of hydrogen-bond acceptors (Lipinski definition) is 6. The zero-order valence-electron chi connectivity index (χ0n) is 8.53. The summed E-state index contributed by atoms with van der Waals surface area (Å²) in [5.41, 5.74) is 0. The first-order valence-electron chi connectivity index (χ1n) is 4.96. The van der Waals surface area contributed by atoms with Gasteiger partial charge in [0.05, 0.1) is 0 Å². The standard InChI is InChI=1S/C9H14O6/c1-11-6-4-3(10)5-7(12-2)8(6)15-9(13-4)14-5/h3-10H,1-2H3/t3-,4-,5?,6?,7?,8+,9?/m0/s1. The maximum absolute atomic E-state index is 9.96. The van der Waals surface area contributed by atoms with E-state index in [2.05, 4.69) is 0 Å². The van der Waals surface area contributed by atoms with Gasteiger partial charge in [-0.3, -0.25) is 0 Å². The van der Waals surface area contributed by atoms with E-state index in [4.69, 9.17) is 23.7 Å². The van der Waals surface area contributed by atoms with E-state index < -0.39 is 12.6 Å². The highest BCUT2D eigenvalue weighted by molar-refractivity contribution is 5.06. The molecule has 4 aliphatic rings. The summed E-state index contributed by atoms with van der Waals surface area (Å²) in [6.45, 7) is -0.689. The van der Waals surface area contributed by atoms with E-state index in [0.29, 0.717) is 0 Å². The molecule has 0 amide bonds. The summed E-state index contributed by atoms with van der Waals surface area (Å²) in [4.78, 5) is 0. The van der Waals surface area contributed by atoms with E-state index in [0.717, 1.165) is 0 Å². The van der Waals surface area contributed by atoms with Crippen molar-refractivity contribution in [2.45, 2.75) is 43.1 Å². The molecule has 6 heteroatoms. The molecule has 4 unspecified atom stereocenters. The third-order valence-electron chi connectivity index (χ3n) is 3.32. The van der Waals surface area contributed by atoms with Crippen LogP contribution < -0.4 is 0 Å². The van der Waals surface area contributed by atoms with E-state index in [1.54, 1.807) is 14.2 Å². The highest BCUT2D eigenvalue weighted by Crippen LogP contribution is 2.41. The number of methoxy groups -OCH3 is 2. The molecule has 6 nitrogen and oxygen atoms in total. The van der Waals surface area contributed by atoms with Gasteiger partial charge in [-0.15, -0.1) is 0 Å². The fraction of sp³-hybridized carbons (Fsp3) is 1.00. The summed E-state index contributed by atoms with van der Waals surface area (Å²) in [5, 5.41) is 9.96. The van der Waals surface area contributed by atoms with Crippen molar-refractivity contribution < 1.29 is 28.8 Å². The van der Waals surface area contributed by atoms with Gasteiger partial charge in [0, 0.05) is 14.2 Å². The van der Waals surface area contributed by atoms with Crippen molar-refractivity contribution in [3.8, 4) is 0 Å². The first-order valence-corrected chi connectivity index (χ1v) is 4.96. The molecule has 3 saturated heterocycles. The molecule has 3 aliphatic heterocycles. The van der Waals surface area contributed by atoms with Gasteiger partial charge >= 0.3 is 0 Å². The number of aliphatic hydroxyl groups is 1. The molecule has 0 radical (unpaired) electrons. The molecule has 0 spiro atoms. The van der Waals surface area contributed by atoms with Gasteiger partial charge in [-0.05, 0) is 0 Å². The van der Waals surface area contributed by atoms with Crippen LogP contribution in [0.2, 0.25) is 0 Å². The van der Waals surface area contributed by atoms with Gasteiger partial charge < -0.3 is 28.8 Å². The van der Waals surface area contributed by atoms with Crippen LogP contribution in [0.15, 0.2) is 0 Å². The molecule has 1 N–H and O–H groups in total. The average molecular weight is 218 g/mol. The minimum absolute atomic E-state index is 0.231. The summed E-state index contributed by atoms with van der Waals surface area (Å²) < 4.78 is 26.8. The predicted molar refractivity (Wildman–Crippen MR) is 46.0 cm³/mol. The molecule has 4 fully saturated rings. The summed E-state index contributed by atoms with van der Waals surface area (Å²) >= 11 is 0. The van der Waals surface area contributed by atoms with Crippen molar-refractivity contribution >= 4 is 0 Å². The predicted octanol–water partition coefficient (Wildman–Crippen LogP) is -1.14. The van der Waals surface area contributed by atoms with Crippen LogP contribution in [0.1, 0.15) is 0 Å². The molecule has 86 valence electrons. The van der Waals surface area contributed by atoms with E-state index >= 15 is 0 Å².